The molecule has 2 rings (SSSR count). The molecular weight excluding hydrogens is 280 g/mol. The maximum Gasteiger partial charge on any atom is 0.117 e. The standard InChI is InChI=1S/C17H22N2OS/c1-3-4-5-8-14(2)17-11-7-12-19(17)21-18-15-9-6-10-16(20)13-15/h3-6,8-10,13,17-18,20H,2,7,11-12H2,1H3/b4-3-,8-5-. The van der Waals surface area contributed by atoms with Crippen LogP contribution in [-0.4, -0.2) is 22.0 Å². The Labute approximate surface area is 131 Å². The van der Waals surface area contributed by atoms with E-state index < -0.39 is 0 Å². The lowest BCUT2D eigenvalue weighted by atomic mass is 10.1. The van der Waals surface area contributed by atoms with E-state index in [1.165, 1.54) is 6.42 Å². The molecule has 0 saturated carbocycles. The average molecular weight is 302 g/mol. The van der Waals surface area contributed by atoms with Crippen LogP contribution in [0, 0.1) is 0 Å². The predicted octanol–water partition coefficient (Wildman–Crippen LogP) is 4.52. The maximum absolute atomic E-state index is 9.47. The molecule has 21 heavy (non-hydrogen) atoms. The summed E-state index contributed by atoms with van der Waals surface area (Å²) in [5, 5.41) is 9.47. The molecule has 1 unspecified atom stereocenters. The predicted molar refractivity (Wildman–Crippen MR) is 92.1 cm³/mol. The number of allylic oxidation sites excluding steroid dienone is 3. The molecule has 1 aliphatic rings. The van der Waals surface area contributed by atoms with Gasteiger partial charge in [-0.15, -0.1) is 0 Å². The van der Waals surface area contributed by atoms with Crippen LogP contribution < -0.4 is 4.72 Å². The molecule has 1 aromatic rings. The Balaban J connectivity index is 1.91. The molecule has 0 spiro atoms. The van der Waals surface area contributed by atoms with Gasteiger partial charge < -0.3 is 9.83 Å². The van der Waals surface area contributed by atoms with Crippen molar-refractivity contribution in [3.63, 3.8) is 0 Å². The van der Waals surface area contributed by atoms with Gasteiger partial charge in [0.05, 0.1) is 0 Å². The van der Waals surface area contributed by atoms with Crippen LogP contribution in [0.3, 0.4) is 0 Å². The fourth-order valence-electron chi connectivity index (χ4n) is 2.30. The van der Waals surface area contributed by atoms with Crippen LogP contribution in [0.4, 0.5) is 5.69 Å². The number of phenolic OH excluding ortho intramolecular Hbond substituents is 1. The Bertz CT molecular complexity index is 539. The summed E-state index contributed by atoms with van der Waals surface area (Å²) in [6, 6.07) is 7.53. The highest BCUT2D eigenvalue weighted by atomic mass is 32.2. The molecule has 0 bridgehead atoms. The summed E-state index contributed by atoms with van der Waals surface area (Å²) in [5.74, 6) is 0.275. The van der Waals surface area contributed by atoms with Crippen molar-refractivity contribution in [3.05, 3.63) is 60.7 Å². The zero-order valence-corrected chi connectivity index (χ0v) is 13.1. The third-order valence-electron chi connectivity index (χ3n) is 3.37. The number of anilines is 1. The summed E-state index contributed by atoms with van der Waals surface area (Å²) < 4.78 is 5.59. The summed E-state index contributed by atoms with van der Waals surface area (Å²) in [7, 11) is 0. The fourth-order valence-corrected chi connectivity index (χ4v) is 3.24. The minimum atomic E-state index is 0.275. The third kappa shape index (κ3) is 4.69. The van der Waals surface area contributed by atoms with E-state index in [4.69, 9.17) is 0 Å². The van der Waals surface area contributed by atoms with Gasteiger partial charge >= 0.3 is 0 Å². The van der Waals surface area contributed by atoms with E-state index in [-0.39, 0.29) is 5.75 Å². The molecule has 4 heteroatoms. The van der Waals surface area contributed by atoms with E-state index in [0.29, 0.717) is 6.04 Å². The monoisotopic (exact) mass is 302 g/mol. The van der Waals surface area contributed by atoms with Gasteiger partial charge in [-0.3, -0.25) is 0 Å². The normalized spacial score (nSPS) is 19.6. The Hall–Kier alpha value is -1.65. The van der Waals surface area contributed by atoms with E-state index in [1.54, 1.807) is 24.3 Å². The molecule has 112 valence electrons. The Morgan fingerprint density at radius 3 is 3.10 bits per heavy atom. The van der Waals surface area contributed by atoms with Gasteiger partial charge in [0.2, 0.25) is 0 Å². The summed E-state index contributed by atoms with van der Waals surface area (Å²) in [5.41, 5.74) is 2.04. The van der Waals surface area contributed by atoms with Gasteiger partial charge in [-0.25, -0.2) is 4.31 Å². The van der Waals surface area contributed by atoms with Gasteiger partial charge in [0, 0.05) is 36.5 Å². The Morgan fingerprint density at radius 1 is 1.48 bits per heavy atom. The first-order valence-electron chi connectivity index (χ1n) is 7.17. The van der Waals surface area contributed by atoms with Crippen LogP contribution >= 0.6 is 12.1 Å². The molecule has 0 aromatic heterocycles. The van der Waals surface area contributed by atoms with Crippen molar-refractivity contribution in [1.82, 2.24) is 4.31 Å². The number of nitrogens with zero attached hydrogens (tertiary/aromatic N) is 1. The summed E-state index contributed by atoms with van der Waals surface area (Å²) in [4.78, 5) is 0. The first kappa shape index (κ1) is 15.7. The van der Waals surface area contributed by atoms with Crippen molar-refractivity contribution in [2.75, 3.05) is 11.3 Å². The molecule has 1 atom stereocenters. The molecular formula is C17H22N2OS. The lowest BCUT2D eigenvalue weighted by Crippen LogP contribution is -2.25. The minimum absolute atomic E-state index is 0.275. The maximum atomic E-state index is 9.47. The van der Waals surface area contributed by atoms with E-state index in [1.807, 2.05) is 37.3 Å². The van der Waals surface area contributed by atoms with Crippen LogP contribution in [0.5, 0.6) is 5.75 Å². The molecule has 1 aliphatic heterocycles. The zero-order chi connectivity index (χ0) is 15.1. The highest BCUT2D eigenvalue weighted by molar-refractivity contribution is 7.98. The molecule has 1 saturated heterocycles. The molecule has 1 aromatic carbocycles. The number of benzene rings is 1. The van der Waals surface area contributed by atoms with Crippen molar-refractivity contribution in [3.8, 4) is 5.75 Å². The van der Waals surface area contributed by atoms with Crippen LogP contribution in [0.1, 0.15) is 19.8 Å². The molecule has 0 amide bonds. The van der Waals surface area contributed by atoms with Gasteiger partial charge in [-0.1, -0.05) is 36.9 Å². The highest BCUT2D eigenvalue weighted by Crippen LogP contribution is 2.31. The van der Waals surface area contributed by atoms with Gasteiger partial charge in [-0.05, 0) is 37.5 Å². The Kier molecular flexibility index (Phi) is 5.96. The lowest BCUT2D eigenvalue weighted by Gasteiger charge is -2.23. The molecule has 0 radical (unpaired) electrons. The number of hydrogen-bond donors (Lipinski definition) is 2. The van der Waals surface area contributed by atoms with Crippen molar-refractivity contribution in [1.29, 1.82) is 0 Å². The molecule has 0 aliphatic carbocycles. The van der Waals surface area contributed by atoms with Crippen LogP contribution in [0.25, 0.3) is 0 Å². The van der Waals surface area contributed by atoms with Crippen molar-refractivity contribution in [2.45, 2.75) is 25.8 Å². The van der Waals surface area contributed by atoms with Crippen molar-refractivity contribution < 1.29 is 5.11 Å². The smallest absolute Gasteiger partial charge is 0.117 e. The number of phenols is 1. The second-order valence-electron chi connectivity index (χ2n) is 5.00. The van der Waals surface area contributed by atoms with Crippen molar-refractivity contribution >= 4 is 17.8 Å². The van der Waals surface area contributed by atoms with Gasteiger partial charge in [0.1, 0.15) is 5.75 Å². The molecule has 2 N–H and O–H groups in total. The van der Waals surface area contributed by atoms with E-state index >= 15 is 0 Å². The van der Waals surface area contributed by atoms with Crippen LogP contribution in [-0.2, 0) is 0 Å². The highest BCUT2D eigenvalue weighted by Gasteiger charge is 2.26. The second kappa shape index (κ2) is 7.96. The van der Waals surface area contributed by atoms with E-state index in [9.17, 15) is 5.11 Å². The number of aromatic hydroxyl groups is 1. The SMILES string of the molecule is C=C(/C=C\C=C/C)C1CCCN1SNc1cccc(O)c1. The topological polar surface area (TPSA) is 35.5 Å². The van der Waals surface area contributed by atoms with Gasteiger partial charge in [0.25, 0.3) is 0 Å². The summed E-state index contributed by atoms with van der Waals surface area (Å²) in [6.45, 7) is 7.23. The fraction of sp³-hybridized carbons (Fsp3) is 0.294. The lowest BCUT2D eigenvalue weighted by molar-refractivity contribution is 0.475. The average Bonchev–Trinajstić information content (AvgIpc) is 2.94. The minimum Gasteiger partial charge on any atom is -0.508 e. The summed E-state index contributed by atoms with van der Waals surface area (Å²) in [6.07, 6.45) is 10.4. The second-order valence-corrected chi connectivity index (χ2v) is 5.86. The van der Waals surface area contributed by atoms with Crippen molar-refractivity contribution in [2.24, 2.45) is 0 Å². The molecule has 1 fully saturated rings. The zero-order valence-electron chi connectivity index (χ0n) is 12.3. The third-order valence-corrected chi connectivity index (χ3v) is 4.37. The summed E-state index contributed by atoms with van der Waals surface area (Å²) >= 11 is 1.58. The van der Waals surface area contributed by atoms with Crippen LogP contribution in [0.2, 0.25) is 0 Å². The van der Waals surface area contributed by atoms with Gasteiger partial charge in [-0.2, -0.15) is 0 Å². The van der Waals surface area contributed by atoms with E-state index in [0.717, 1.165) is 24.2 Å². The first-order valence-corrected chi connectivity index (χ1v) is 7.95. The number of hydrogen-bond acceptors (Lipinski definition) is 4. The first-order chi connectivity index (χ1) is 10.2. The van der Waals surface area contributed by atoms with E-state index in [2.05, 4.69) is 21.7 Å². The molecule has 3 nitrogen and oxygen atoms in total. The van der Waals surface area contributed by atoms with Gasteiger partial charge in [0.15, 0.2) is 0 Å². The number of rotatable bonds is 6. The quantitative estimate of drug-likeness (QED) is 0.598. The molecule has 1 heterocycles. The Morgan fingerprint density at radius 2 is 2.33 bits per heavy atom. The number of nitrogens with one attached hydrogen (secondary N) is 1. The van der Waals surface area contributed by atoms with Crippen LogP contribution in [0.15, 0.2) is 60.7 Å². The largest absolute Gasteiger partial charge is 0.508 e.